The second-order valence-electron chi connectivity index (χ2n) is 5.37. The van der Waals surface area contributed by atoms with Crippen LogP contribution in [0.3, 0.4) is 0 Å². The Morgan fingerprint density at radius 1 is 1.23 bits per heavy atom. The number of aromatic nitrogens is 4. The van der Waals surface area contributed by atoms with Gasteiger partial charge in [0.15, 0.2) is 5.65 Å². The molecule has 1 amide bonds. The fourth-order valence-corrected chi connectivity index (χ4v) is 2.59. The first-order valence-corrected chi connectivity index (χ1v) is 8.10. The highest BCUT2D eigenvalue weighted by molar-refractivity contribution is 9.10. The van der Waals surface area contributed by atoms with Crippen LogP contribution in [0.4, 0.5) is 24.7 Å². The summed E-state index contributed by atoms with van der Waals surface area (Å²) >= 11 is 3.32. The summed E-state index contributed by atoms with van der Waals surface area (Å²) in [6, 6.07) is 9.90. The summed E-state index contributed by atoms with van der Waals surface area (Å²) in [5, 5.41) is 13.2. The number of rotatable bonds is 4. The fourth-order valence-electron chi connectivity index (χ4n) is 2.21. The summed E-state index contributed by atoms with van der Waals surface area (Å²) < 4.78 is 40.1. The summed E-state index contributed by atoms with van der Waals surface area (Å²) in [7, 11) is 1.55. The molecule has 26 heavy (non-hydrogen) atoms. The number of carbonyl (C=O) groups is 1. The van der Waals surface area contributed by atoms with Crippen molar-refractivity contribution >= 4 is 39.0 Å². The molecule has 0 unspecified atom stereocenters. The maximum atomic E-state index is 12.9. The van der Waals surface area contributed by atoms with E-state index < -0.39 is 12.0 Å². The number of alkyl halides is 3. The van der Waals surface area contributed by atoms with Crippen LogP contribution in [0.1, 0.15) is 5.82 Å². The van der Waals surface area contributed by atoms with Gasteiger partial charge >= 0.3 is 6.18 Å². The molecule has 1 N–H and O–H groups in total. The molecule has 2 heterocycles. The average molecular weight is 429 g/mol. The Hall–Kier alpha value is -2.69. The molecular weight excluding hydrogens is 417 g/mol. The molecular formula is C15H12BrF3N6O. The van der Waals surface area contributed by atoms with Crippen LogP contribution in [0.5, 0.6) is 0 Å². The maximum absolute atomic E-state index is 12.9. The molecule has 0 saturated heterocycles. The van der Waals surface area contributed by atoms with E-state index in [0.717, 1.165) is 4.47 Å². The molecule has 11 heteroatoms. The Labute approximate surface area is 153 Å². The molecule has 0 saturated carbocycles. The largest absolute Gasteiger partial charge is 0.453 e. The molecule has 2 aromatic heterocycles. The number of anilines is 2. The van der Waals surface area contributed by atoms with E-state index in [1.165, 1.54) is 17.0 Å². The second-order valence-corrected chi connectivity index (χ2v) is 6.22. The van der Waals surface area contributed by atoms with Crippen LogP contribution < -0.4 is 10.2 Å². The van der Waals surface area contributed by atoms with Crippen LogP contribution in [0.15, 0.2) is 40.9 Å². The molecule has 0 bridgehead atoms. The standard InChI is InChI=1S/C15H12BrF3N6O/c1-24(8-13(26)20-10-5-3-2-4-9(10)16)12-7-6-11-21-22-14(15(17,18)19)25(11)23-12/h2-7H,8H2,1H3,(H,20,26). The van der Waals surface area contributed by atoms with Crippen LogP contribution in [0.25, 0.3) is 5.65 Å². The van der Waals surface area contributed by atoms with Gasteiger partial charge in [0.25, 0.3) is 5.82 Å². The molecule has 0 radical (unpaired) electrons. The van der Waals surface area contributed by atoms with Crippen molar-refractivity contribution in [1.29, 1.82) is 0 Å². The summed E-state index contributed by atoms with van der Waals surface area (Å²) in [5.74, 6) is -1.40. The Morgan fingerprint density at radius 2 is 1.96 bits per heavy atom. The smallest absolute Gasteiger partial charge is 0.349 e. The molecule has 3 aromatic rings. The van der Waals surface area contributed by atoms with Gasteiger partial charge in [-0.2, -0.15) is 17.7 Å². The highest BCUT2D eigenvalue weighted by atomic mass is 79.9. The van der Waals surface area contributed by atoms with E-state index in [4.69, 9.17) is 0 Å². The van der Waals surface area contributed by atoms with Gasteiger partial charge in [-0.3, -0.25) is 4.79 Å². The van der Waals surface area contributed by atoms with Crippen LogP contribution in [0.2, 0.25) is 0 Å². The zero-order valence-corrected chi connectivity index (χ0v) is 14.9. The lowest BCUT2D eigenvalue weighted by Crippen LogP contribution is -2.31. The van der Waals surface area contributed by atoms with Crippen LogP contribution in [-0.4, -0.2) is 39.3 Å². The maximum Gasteiger partial charge on any atom is 0.453 e. The van der Waals surface area contributed by atoms with E-state index in [1.54, 1.807) is 25.2 Å². The minimum atomic E-state index is -4.68. The molecule has 3 rings (SSSR count). The summed E-state index contributed by atoms with van der Waals surface area (Å²) in [4.78, 5) is 13.6. The number of nitrogens with one attached hydrogen (secondary N) is 1. The van der Waals surface area contributed by atoms with E-state index in [2.05, 4.69) is 36.5 Å². The number of amides is 1. The third-order valence-corrected chi connectivity index (χ3v) is 4.11. The molecule has 0 aliphatic carbocycles. The molecule has 1 aromatic carbocycles. The molecule has 0 aliphatic rings. The van der Waals surface area contributed by atoms with Gasteiger partial charge in [0.05, 0.1) is 12.2 Å². The van der Waals surface area contributed by atoms with Crippen molar-refractivity contribution in [3.05, 3.63) is 46.7 Å². The third-order valence-electron chi connectivity index (χ3n) is 3.42. The van der Waals surface area contributed by atoms with Gasteiger partial charge < -0.3 is 10.2 Å². The Bertz CT molecular complexity index is 958. The number of fused-ring (bicyclic) bond motifs is 1. The monoisotopic (exact) mass is 428 g/mol. The predicted molar refractivity (Wildman–Crippen MR) is 91.8 cm³/mol. The van der Waals surface area contributed by atoms with Gasteiger partial charge in [0.2, 0.25) is 5.91 Å². The van der Waals surface area contributed by atoms with Gasteiger partial charge in [0.1, 0.15) is 5.82 Å². The van der Waals surface area contributed by atoms with Crippen molar-refractivity contribution in [3.63, 3.8) is 0 Å². The van der Waals surface area contributed by atoms with Crippen molar-refractivity contribution < 1.29 is 18.0 Å². The molecule has 136 valence electrons. The van der Waals surface area contributed by atoms with Crippen molar-refractivity contribution in [2.24, 2.45) is 0 Å². The van der Waals surface area contributed by atoms with Crippen LogP contribution in [-0.2, 0) is 11.0 Å². The number of carbonyl (C=O) groups excluding carboxylic acids is 1. The first-order valence-electron chi connectivity index (χ1n) is 7.31. The Balaban J connectivity index is 1.78. The third kappa shape index (κ3) is 3.77. The normalized spacial score (nSPS) is 11.6. The average Bonchev–Trinajstić information content (AvgIpc) is 3.00. The lowest BCUT2D eigenvalue weighted by Gasteiger charge is -2.18. The predicted octanol–water partition coefficient (Wildman–Crippen LogP) is 2.98. The van der Waals surface area contributed by atoms with Gasteiger partial charge in [-0.25, -0.2) is 0 Å². The first-order chi connectivity index (χ1) is 12.3. The van der Waals surface area contributed by atoms with E-state index in [9.17, 15) is 18.0 Å². The number of hydrogen-bond donors (Lipinski definition) is 1. The number of hydrogen-bond acceptors (Lipinski definition) is 5. The number of halogens is 4. The van der Waals surface area contributed by atoms with Crippen LogP contribution in [0, 0.1) is 0 Å². The molecule has 7 nitrogen and oxygen atoms in total. The van der Waals surface area contributed by atoms with Gasteiger partial charge in [-0.1, -0.05) is 12.1 Å². The van der Waals surface area contributed by atoms with E-state index in [-0.39, 0.29) is 23.9 Å². The molecule has 0 aliphatic heterocycles. The fraction of sp³-hybridized carbons (Fsp3) is 0.200. The lowest BCUT2D eigenvalue weighted by molar-refractivity contribution is -0.146. The molecule has 0 atom stereocenters. The highest BCUT2D eigenvalue weighted by Gasteiger charge is 2.37. The molecule has 0 spiro atoms. The van der Waals surface area contributed by atoms with Crippen molar-refractivity contribution in [3.8, 4) is 0 Å². The zero-order valence-electron chi connectivity index (χ0n) is 13.3. The first kappa shape index (κ1) is 18.1. The Morgan fingerprint density at radius 3 is 2.65 bits per heavy atom. The van der Waals surface area contributed by atoms with E-state index in [0.29, 0.717) is 10.2 Å². The number of nitrogens with zero attached hydrogens (tertiary/aromatic N) is 5. The number of benzene rings is 1. The van der Waals surface area contributed by atoms with Gasteiger partial charge in [-0.05, 0) is 40.2 Å². The zero-order chi connectivity index (χ0) is 18.9. The minimum Gasteiger partial charge on any atom is -0.349 e. The summed E-state index contributed by atoms with van der Waals surface area (Å²) in [6.07, 6.45) is -4.68. The lowest BCUT2D eigenvalue weighted by atomic mass is 10.3. The van der Waals surface area contributed by atoms with E-state index >= 15 is 0 Å². The number of para-hydroxylation sites is 1. The second kappa shape index (κ2) is 6.90. The Kier molecular flexibility index (Phi) is 4.81. The number of likely N-dealkylation sites (N-methyl/N-ethyl adjacent to an activating group) is 1. The quantitative estimate of drug-likeness (QED) is 0.691. The van der Waals surface area contributed by atoms with Crippen molar-refractivity contribution in [2.45, 2.75) is 6.18 Å². The molecule has 0 fully saturated rings. The van der Waals surface area contributed by atoms with Gasteiger partial charge in [0, 0.05) is 11.5 Å². The minimum absolute atomic E-state index is 0.0351. The SMILES string of the molecule is CN(CC(=O)Nc1ccccc1Br)c1ccc2nnc(C(F)(F)F)n2n1. The van der Waals surface area contributed by atoms with Crippen molar-refractivity contribution in [2.75, 3.05) is 23.8 Å². The van der Waals surface area contributed by atoms with E-state index in [1.807, 2.05) is 6.07 Å². The summed E-state index contributed by atoms with van der Waals surface area (Å²) in [6.45, 7) is -0.108. The van der Waals surface area contributed by atoms with Gasteiger partial charge in [-0.15, -0.1) is 15.3 Å². The summed E-state index contributed by atoms with van der Waals surface area (Å²) in [5.41, 5.74) is 0.555. The topological polar surface area (TPSA) is 75.4 Å². The van der Waals surface area contributed by atoms with Crippen LogP contribution >= 0.6 is 15.9 Å². The highest BCUT2D eigenvalue weighted by Crippen LogP contribution is 2.28. The van der Waals surface area contributed by atoms with Crippen molar-refractivity contribution in [1.82, 2.24) is 19.8 Å².